The van der Waals surface area contributed by atoms with Gasteiger partial charge in [-0.3, -0.25) is 0 Å². The lowest BCUT2D eigenvalue weighted by Gasteiger charge is -2.31. The number of carbonyl (C=O) groups is 1. The van der Waals surface area contributed by atoms with Gasteiger partial charge in [0.2, 0.25) is 0 Å². The zero-order valence-corrected chi connectivity index (χ0v) is 19.1. The minimum absolute atomic E-state index is 0.171. The molecule has 5 rings (SSSR count). The van der Waals surface area contributed by atoms with Gasteiger partial charge in [0.15, 0.2) is 0 Å². The summed E-state index contributed by atoms with van der Waals surface area (Å²) in [5, 5.41) is 3.12. The number of nitrogens with one attached hydrogen (secondary N) is 1. The second-order valence-electron chi connectivity index (χ2n) is 8.51. The topological polar surface area (TPSA) is 46.5 Å². The number of hydrogen-bond acceptors (Lipinski definition) is 2. The van der Waals surface area contributed by atoms with E-state index in [1.54, 1.807) is 7.11 Å². The molecule has 1 atom stereocenters. The summed E-state index contributed by atoms with van der Waals surface area (Å²) in [6.45, 7) is 4.56. The van der Waals surface area contributed by atoms with Crippen LogP contribution in [0.25, 0.3) is 5.69 Å². The second kappa shape index (κ2) is 8.51. The van der Waals surface area contributed by atoms with E-state index in [-0.39, 0.29) is 12.1 Å². The fourth-order valence-corrected chi connectivity index (χ4v) is 4.64. The van der Waals surface area contributed by atoms with Crippen LogP contribution in [0.2, 0.25) is 0 Å². The van der Waals surface area contributed by atoms with Gasteiger partial charge >= 0.3 is 6.03 Å². The molecule has 1 aromatic heterocycles. The summed E-state index contributed by atoms with van der Waals surface area (Å²) in [5.41, 5.74) is 7.20. The first-order valence-electron chi connectivity index (χ1n) is 11.1. The number of hydrogen-bond donors (Lipinski definition) is 1. The number of methoxy groups -OCH3 is 1. The Balaban J connectivity index is 1.64. The zero-order valence-electron chi connectivity index (χ0n) is 19.1. The second-order valence-corrected chi connectivity index (χ2v) is 8.51. The third kappa shape index (κ3) is 3.87. The lowest BCUT2D eigenvalue weighted by Crippen LogP contribution is -2.38. The van der Waals surface area contributed by atoms with Crippen LogP contribution in [0.1, 0.15) is 34.0 Å². The van der Waals surface area contributed by atoms with Crippen molar-refractivity contribution < 1.29 is 9.53 Å². The van der Waals surface area contributed by atoms with Crippen LogP contribution in [0.5, 0.6) is 5.75 Å². The molecule has 1 aliphatic heterocycles. The molecular weight excluding hydrogens is 410 g/mol. The molecular formula is C28H27N3O2. The Kier molecular flexibility index (Phi) is 5.38. The first-order valence-corrected chi connectivity index (χ1v) is 11.1. The fraction of sp³-hybridized carbons (Fsp3) is 0.179. The molecule has 0 aliphatic carbocycles. The van der Waals surface area contributed by atoms with E-state index in [9.17, 15) is 4.79 Å². The SMILES string of the molecule is COc1ccc(C)cc1NC(=O)N1Cc2ccccc2-n2cccc2C1c1cccc(C)c1. The number of amides is 2. The van der Waals surface area contributed by atoms with Gasteiger partial charge in [0.05, 0.1) is 31.1 Å². The third-order valence-corrected chi connectivity index (χ3v) is 6.18. The number of aromatic nitrogens is 1. The number of urea groups is 1. The molecule has 0 radical (unpaired) electrons. The largest absolute Gasteiger partial charge is 0.495 e. The predicted octanol–water partition coefficient (Wildman–Crippen LogP) is 6.24. The number of anilines is 1. The van der Waals surface area contributed by atoms with E-state index in [0.717, 1.165) is 33.6 Å². The average Bonchev–Trinajstić information content (AvgIpc) is 3.23. The van der Waals surface area contributed by atoms with Crippen LogP contribution in [0.15, 0.2) is 85.1 Å². The Bertz CT molecular complexity index is 1320. The number of rotatable bonds is 3. The quantitative estimate of drug-likeness (QED) is 0.412. The van der Waals surface area contributed by atoms with Crippen LogP contribution in [-0.4, -0.2) is 22.6 Å². The normalized spacial score (nSPS) is 14.8. The van der Waals surface area contributed by atoms with Gasteiger partial charge in [-0.15, -0.1) is 0 Å². The molecule has 2 amide bonds. The maximum Gasteiger partial charge on any atom is 0.323 e. The Hall–Kier alpha value is -3.99. The summed E-state index contributed by atoms with van der Waals surface area (Å²) in [7, 11) is 1.62. The molecule has 0 fully saturated rings. The van der Waals surface area contributed by atoms with Gasteiger partial charge in [-0.2, -0.15) is 0 Å². The standard InChI is InChI=1S/C28H27N3O2/c1-19-8-6-10-21(16-19)27-25-12-7-15-30(25)24-11-5-4-9-22(24)18-31(27)28(32)29-23-17-20(2)13-14-26(23)33-3/h4-17,27H,18H2,1-3H3,(H,29,32). The van der Waals surface area contributed by atoms with E-state index >= 15 is 0 Å². The minimum atomic E-state index is -0.247. The van der Waals surface area contributed by atoms with Crippen molar-refractivity contribution >= 4 is 11.7 Å². The van der Waals surface area contributed by atoms with Crippen LogP contribution >= 0.6 is 0 Å². The number of ether oxygens (including phenoxy) is 1. The van der Waals surface area contributed by atoms with Crippen LogP contribution in [-0.2, 0) is 6.54 Å². The van der Waals surface area contributed by atoms with E-state index in [4.69, 9.17) is 4.74 Å². The number of nitrogens with zero attached hydrogens (tertiary/aromatic N) is 2. The molecule has 5 heteroatoms. The van der Waals surface area contributed by atoms with E-state index in [0.29, 0.717) is 18.0 Å². The van der Waals surface area contributed by atoms with E-state index in [1.807, 2.05) is 48.2 Å². The van der Waals surface area contributed by atoms with Crippen LogP contribution in [0.3, 0.4) is 0 Å². The van der Waals surface area contributed by atoms with Gasteiger partial charge in [-0.25, -0.2) is 4.79 Å². The number of carbonyl (C=O) groups excluding carboxylic acids is 1. The zero-order chi connectivity index (χ0) is 22.9. The highest BCUT2D eigenvalue weighted by Crippen LogP contribution is 2.37. The molecule has 0 saturated heterocycles. The van der Waals surface area contributed by atoms with Gasteiger partial charge in [-0.05, 0) is 60.9 Å². The Morgan fingerprint density at radius 2 is 1.76 bits per heavy atom. The van der Waals surface area contributed by atoms with Crippen molar-refractivity contribution in [3.8, 4) is 11.4 Å². The van der Waals surface area contributed by atoms with Crippen molar-refractivity contribution in [3.05, 3.63) is 113 Å². The molecule has 33 heavy (non-hydrogen) atoms. The molecule has 1 N–H and O–H groups in total. The number of aryl methyl sites for hydroxylation is 2. The maximum atomic E-state index is 13.9. The number of fused-ring (bicyclic) bond motifs is 3. The minimum Gasteiger partial charge on any atom is -0.495 e. The molecule has 5 nitrogen and oxygen atoms in total. The van der Waals surface area contributed by atoms with Crippen LogP contribution in [0, 0.1) is 13.8 Å². The molecule has 0 spiro atoms. The fourth-order valence-electron chi connectivity index (χ4n) is 4.64. The van der Waals surface area contributed by atoms with Gasteiger partial charge < -0.3 is 19.5 Å². The monoisotopic (exact) mass is 437 g/mol. The highest BCUT2D eigenvalue weighted by atomic mass is 16.5. The van der Waals surface area contributed by atoms with E-state index in [2.05, 4.69) is 65.5 Å². The van der Waals surface area contributed by atoms with Gasteiger partial charge in [0.1, 0.15) is 5.75 Å². The first-order chi connectivity index (χ1) is 16.0. The summed E-state index contributed by atoms with van der Waals surface area (Å²) >= 11 is 0. The van der Waals surface area contributed by atoms with Gasteiger partial charge in [0.25, 0.3) is 0 Å². The predicted molar refractivity (Wildman–Crippen MR) is 131 cm³/mol. The van der Waals surface area contributed by atoms with Crippen molar-refractivity contribution in [2.75, 3.05) is 12.4 Å². The van der Waals surface area contributed by atoms with Gasteiger partial charge in [-0.1, -0.05) is 54.1 Å². The summed E-state index contributed by atoms with van der Waals surface area (Å²) in [5.74, 6) is 0.639. The van der Waals surface area contributed by atoms with Crippen LogP contribution < -0.4 is 10.1 Å². The number of para-hydroxylation sites is 1. The summed E-state index contributed by atoms with van der Waals surface area (Å²) in [6, 6.07) is 26.2. The smallest absolute Gasteiger partial charge is 0.323 e. The van der Waals surface area contributed by atoms with Gasteiger partial charge in [0, 0.05) is 11.9 Å². The summed E-state index contributed by atoms with van der Waals surface area (Å²) < 4.78 is 7.70. The van der Waals surface area contributed by atoms with E-state index < -0.39 is 0 Å². The third-order valence-electron chi connectivity index (χ3n) is 6.18. The Labute approximate surface area is 194 Å². The Morgan fingerprint density at radius 3 is 2.58 bits per heavy atom. The molecule has 1 aliphatic rings. The molecule has 4 aromatic rings. The lowest BCUT2D eigenvalue weighted by molar-refractivity contribution is 0.194. The van der Waals surface area contributed by atoms with Crippen LogP contribution in [0.4, 0.5) is 10.5 Å². The highest BCUT2D eigenvalue weighted by molar-refractivity contribution is 5.92. The molecule has 2 heterocycles. The maximum absolute atomic E-state index is 13.9. The first kappa shape index (κ1) is 20.9. The molecule has 0 saturated carbocycles. The lowest BCUT2D eigenvalue weighted by atomic mass is 10.00. The van der Waals surface area contributed by atoms with E-state index in [1.165, 1.54) is 0 Å². The highest BCUT2D eigenvalue weighted by Gasteiger charge is 2.33. The molecule has 1 unspecified atom stereocenters. The van der Waals surface area contributed by atoms with Crippen molar-refractivity contribution in [2.24, 2.45) is 0 Å². The van der Waals surface area contributed by atoms with Crippen molar-refractivity contribution in [3.63, 3.8) is 0 Å². The molecule has 3 aromatic carbocycles. The van der Waals surface area contributed by atoms with Crippen molar-refractivity contribution in [2.45, 2.75) is 26.4 Å². The summed E-state index contributed by atoms with van der Waals surface area (Å²) in [4.78, 5) is 15.8. The van der Waals surface area contributed by atoms with Crippen molar-refractivity contribution in [1.82, 2.24) is 9.47 Å². The molecule has 166 valence electrons. The number of benzene rings is 3. The van der Waals surface area contributed by atoms with Crippen molar-refractivity contribution in [1.29, 1.82) is 0 Å². The summed E-state index contributed by atoms with van der Waals surface area (Å²) in [6.07, 6.45) is 2.07. The Morgan fingerprint density at radius 1 is 0.939 bits per heavy atom. The average molecular weight is 438 g/mol. The molecule has 0 bridgehead atoms.